The lowest BCUT2D eigenvalue weighted by molar-refractivity contribution is 0.248. The van der Waals surface area contributed by atoms with E-state index in [1.807, 2.05) is 6.20 Å². The van der Waals surface area contributed by atoms with Gasteiger partial charge in [0, 0.05) is 30.4 Å². The zero-order chi connectivity index (χ0) is 13.9. The first-order valence-electron chi connectivity index (χ1n) is 7.30. The molecule has 1 aliphatic rings. The highest BCUT2D eigenvalue weighted by Crippen LogP contribution is 2.31. The van der Waals surface area contributed by atoms with Crippen molar-refractivity contribution in [3.8, 4) is 11.3 Å². The van der Waals surface area contributed by atoms with Crippen LogP contribution in [0.5, 0.6) is 0 Å². The molecule has 3 rings (SSSR count). The van der Waals surface area contributed by atoms with Crippen LogP contribution >= 0.6 is 0 Å². The highest BCUT2D eigenvalue weighted by molar-refractivity contribution is 5.63. The molecule has 20 heavy (non-hydrogen) atoms. The maximum absolute atomic E-state index is 4.65. The zero-order valence-electron chi connectivity index (χ0n) is 12.2. The van der Waals surface area contributed by atoms with Crippen LogP contribution in [0.1, 0.15) is 30.0 Å². The zero-order valence-corrected chi connectivity index (χ0v) is 12.2. The van der Waals surface area contributed by atoms with Gasteiger partial charge in [-0.3, -0.25) is 9.97 Å². The highest BCUT2D eigenvalue weighted by atomic mass is 15.1. The predicted octanol–water partition coefficient (Wildman–Crippen LogP) is 3.26. The Labute approximate surface area is 120 Å². The van der Waals surface area contributed by atoms with Gasteiger partial charge < -0.3 is 4.90 Å². The second-order valence-corrected chi connectivity index (χ2v) is 5.76. The SMILES string of the molecule is Cc1cccc(-c2nccnc2C2CCCN(C)C2)c1. The summed E-state index contributed by atoms with van der Waals surface area (Å²) in [7, 11) is 2.19. The van der Waals surface area contributed by atoms with Crippen LogP contribution in [-0.4, -0.2) is 35.0 Å². The van der Waals surface area contributed by atoms with Crippen molar-refractivity contribution in [3.05, 3.63) is 47.9 Å². The first kappa shape index (κ1) is 13.3. The molecule has 0 spiro atoms. The second-order valence-electron chi connectivity index (χ2n) is 5.76. The molecule has 1 atom stereocenters. The molecule has 1 saturated heterocycles. The molecule has 2 aromatic rings. The van der Waals surface area contributed by atoms with Crippen LogP contribution < -0.4 is 0 Å². The molecular weight excluding hydrogens is 246 g/mol. The molecular formula is C17H21N3. The van der Waals surface area contributed by atoms with E-state index < -0.39 is 0 Å². The number of likely N-dealkylation sites (N-methyl/N-ethyl adjacent to an activating group) is 1. The molecule has 3 nitrogen and oxygen atoms in total. The maximum Gasteiger partial charge on any atom is 0.0920 e. The van der Waals surface area contributed by atoms with Crippen LogP contribution in [0.2, 0.25) is 0 Å². The van der Waals surface area contributed by atoms with Gasteiger partial charge in [0.25, 0.3) is 0 Å². The highest BCUT2D eigenvalue weighted by Gasteiger charge is 2.23. The number of likely N-dealkylation sites (tertiary alicyclic amines) is 1. The average molecular weight is 267 g/mol. The molecule has 0 radical (unpaired) electrons. The number of aryl methyl sites for hydroxylation is 1. The van der Waals surface area contributed by atoms with Gasteiger partial charge in [0.1, 0.15) is 0 Å². The number of hydrogen-bond acceptors (Lipinski definition) is 3. The van der Waals surface area contributed by atoms with Gasteiger partial charge in [-0.2, -0.15) is 0 Å². The van der Waals surface area contributed by atoms with Crippen molar-refractivity contribution in [2.45, 2.75) is 25.7 Å². The third-order valence-electron chi connectivity index (χ3n) is 4.03. The van der Waals surface area contributed by atoms with Gasteiger partial charge in [-0.15, -0.1) is 0 Å². The van der Waals surface area contributed by atoms with Crippen LogP contribution in [0.4, 0.5) is 0 Å². The Balaban J connectivity index is 2.00. The first-order valence-corrected chi connectivity index (χ1v) is 7.30. The number of benzene rings is 1. The van der Waals surface area contributed by atoms with Crippen LogP contribution in [0, 0.1) is 6.92 Å². The topological polar surface area (TPSA) is 29.0 Å². The fourth-order valence-corrected chi connectivity index (χ4v) is 3.05. The summed E-state index contributed by atoms with van der Waals surface area (Å²) < 4.78 is 0. The van der Waals surface area contributed by atoms with Crippen molar-refractivity contribution in [1.82, 2.24) is 14.9 Å². The fourth-order valence-electron chi connectivity index (χ4n) is 3.05. The van der Waals surface area contributed by atoms with E-state index in [1.165, 1.54) is 30.5 Å². The molecule has 0 aliphatic carbocycles. The smallest absolute Gasteiger partial charge is 0.0920 e. The van der Waals surface area contributed by atoms with Crippen molar-refractivity contribution in [2.75, 3.05) is 20.1 Å². The van der Waals surface area contributed by atoms with Crippen molar-refractivity contribution in [1.29, 1.82) is 0 Å². The van der Waals surface area contributed by atoms with Gasteiger partial charge in [-0.25, -0.2) is 0 Å². The van der Waals surface area contributed by atoms with Crippen molar-refractivity contribution >= 4 is 0 Å². The Morgan fingerprint density at radius 1 is 1.20 bits per heavy atom. The lowest BCUT2D eigenvalue weighted by Gasteiger charge is -2.30. The van der Waals surface area contributed by atoms with E-state index in [4.69, 9.17) is 0 Å². The molecule has 0 saturated carbocycles. The number of piperidine rings is 1. The van der Waals surface area contributed by atoms with Gasteiger partial charge in [-0.1, -0.05) is 23.8 Å². The summed E-state index contributed by atoms with van der Waals surface area (Å²) in [5.41, 5.74) is 4.65. The van der Waals surface area contributed by atoms with E-state index in [2.05, 4.69) is 53.1 Å². The van der Waals surface area contributed by atoms with Crippen LogP contribution in [0.15, 0.2) is 36.7 Å². The molecule has 2 heterocycles. The molecule has 1 aromatic heterocycles. The number of aromatic nitrogens is 2. The minimum atomic E-state index is 0.498. The van der Waals surface area contributed by atoms with E-state index in [-0.39, 0.29) is 0 Å². The minimum absolute atomic E-state index is 0.498. The Morgan fingerprint density at radius 3 is 2.85 bits per heavy atom. The average Bonchev–Trinajstić information content (AvgIpc) is 2.47. The minimum Gasteiger partial charge on any atom is -0.306 e. The van der Waals surface area contributed by atoms with E-state index >= 15 is 0 Å². The largest absolute Gasteiger partial charge is 0.306 e. The molecule has 0 bridgehead atoms. The van der Waals surface area contributed by atoms with Gasteiger partial charge in [0.05, 0.1) is 11.4 Å². The van der Waals surface area contributed by atoms with Gasteiger partial charge >= 0.3 is 0 Å². The normalized spacial score (nSPS) is 20.0. The van der Waals surface area contributed by atoms with Crippen molar-refractivity contribution in [3.63, 3.8) is 0 Å². The lowest BCUT2D eigenvalue weighted by Crippen LogP contribution is -2.31. The monoisotopic (exact) mass is 267 g/mol. The summed E-state index contributed by atoms with van der Waals surface area (Å²) in [6.45, 7) is 4.39. The quantitative estimate of drug-likeness (QED) is 0.836. The lowest BCUT2D eigenvalue weighted by atomic mass is 9.91. The Hall–Kier alpha value is -1.74. The third-order valence-corrected chi connectivity index (χ3v) is 4.03. The molecule has 0 amide bonds. The van der Waals surface area contributed by atoms with E-state index in [0.29, 0.717) is 5.92 Å². The Morgan fingerprint density at radius 2 is 2.05 bits per heavy atom. The van der Waals surface area contributed by atoms with Gasteiger partial charge in [0.2, 0.25) is 0 Å². The summed E-state index contributed by atoms with van der Waals surface area (Å²) in [6, 6.07) is 8.54. The van der Waals surface area contributed by atoms with Gasteiger partial charge in [0.15, 0.2) is 0 Å². The van der Waals surface area contributed by atoms with Crippen molar-refractivity contribution < 1.29 is 0 Å². The number of nitrogens with zero attached hydrogens (tertiary/aromatic N) is 3. The third kappa shape index (κ3) is 2.73. The second kappa shape index (κ2) is 5.71. The Kier molecular flexibility index (Phi) is 3.79. The van der Waals surface area contributed by atoms with E-state index in [0.717, 1.165) is 17.9 Å². The summed E-state index contributed by atoms with van der Waals surface area (Å²) in [5, 5.41) is 0. The molecule has 1 fully saturated rings. The predicted molar refractivity (Wildman–Crippen MR) is 81.7 cm³/mol. The molecule has 1 aromatic carbocycles. The number of hydrogen-bond donors (Lipinski definition) is 0. The molecule has 1 aliphatic heterocycles. The molecule has 0 N–H and O–H groups in total. The van der Waals surface area contributed by atoms with Crippen molar-refractivity contribution in [2.24, 2.45) is 0 Å². The standard InChI is InChI=1S/C17H21N3/c1-13-5-3-6-14(11-13)16-17(19-9-8-18-16)15-7-4-10-20(2)12-15/h3,5-6,8-9,11,15H,4,7,10,12H2,1-2H3. The molecule has 1 unspecified atom stereocenters. The van der Waals surface area contributed by atoms with E-state index in [1.54, 1.807) is 6.20 Å². The number of rotatable bonds is 2. The van der Waals surface area contributed by atoms with Crippen LogP contribution in [0.25, 0.3) is 11.3 Å². The summed E-state index contributed by atoms with van der Waals surface area (Å²) in [5.74, 6) is 0.498. The summed E-state index contributed by atoms with van der Waals surface area (Å²) >= 11 is 0. The Bertz CT molecular complexity index is 594. The van der Waals surface area contributed by atoms with Crippen LogP contribution in [-0.2, 0) is 0 Å². The molecule has 104 valence electrons. The van der Waals surface area contributed by atoms with Crippen LogP contribution in [0.3, 0.4) is 0 Å². The van der Waals surface area contributed by atoms with Gasteiger partial charge in [-0.05, 0) is 39.4 Å². The summed E-state index contributed by atoms with van der Waals surface area (Å²) in [6.07, 6.45) is 6.07. The summed E-state index contributed by atoms with van der Waals surface area (Å²) in [4.78, 5) is 11.7. The fraction of sp³-hybridized carbons (Fsp3) is 0.412. The van der Waals surface area contributed by atoms with E-state index in [9.17, 15) is 0 Å². The molecule has 3 heteroatoms. The first-order chi connectivity index (χ1) is 9.74. The maximum atomic E-state index is 4.65.